The Balaban J connectivity index is 0.000000686. The summed E-state index contributed by atoms with van der Waals surface area (Å²) in [6, 6.07) is 12.9. The van der Waals surface area contributed by atoms with E-state index in [2.05, 4.69) is 0 Å². The van der Waals surface area contributed by atoms with Gasteiger partial charge in [0.05, 0.1) is 0 Å². The van der Waals surface area contributed by atoms with Gasteiger partial charge in [0.2, 0.25) is 0 Å². The molecule has 0 spiro atoms. The lowest BCUT2D eigenvalue weighted by Gasteiger charge is -2.04. The standard InChI is InChI=1S/C13H10F2.CH4O/c14-12-7-3-1-5-10(12)9-11-6-2-4-8-13(11)15;1-2/h1-8H,9H2;2H,1H3. The fourth-order valence-corrected chi connectivity index (χ4v) is 1.49. The molecule has 0 aliphatic rings. The molecule has 17 heavy (non-hydrogen) atoms. The Kier molecular flexibility index (Phi) is 5.30. The zero-order valence-corrected chi connectivity index (χ0v) is 9.53. The van der Waals surface area contributed by atoms with Gasteiger partial charge < -0.3 is 5.11 Å². The average molecular weight is 236 g/mol. The zero-order chi connectivity index (χ0) is 12.7. The lowest BCUT2D eigenvalue weighted by molar-refractivity contribution is 0.399. The number of hydrogen-bond acceptors (Lipinski definition) is 1. The first-order valence-electron chi connectivity index (χ1n) is 5.19. The van der Waals surface area contributed by atoms with Gasteiger partial charge in [-0.15, -0.1) is 0 Å². The van der Waals surface area contributed by atoms with Crippen LogP contribution in [0.15, 0.2) is 48.5 Å². The molecule has 2 aromatic rings. The number of halogens is 2. The first-order chi connectivity index (χ1) is 8.27. The summed E-state index contributed by atoms with van der Waals surface area (Å²) in [5.41, 5.74) is 1.03. The van der Waals surface area contributed by atoms with Gasteiger partial charge in [0.15, 0.2) is 0 Å². The van der Waals surface area contributed by atoms with Crippen LogP contribution in [0.25, 0.3) is 0 Å². The van der Waals surface area contributed by atoms with Crippen LogP contribution in [0.3, 0.4) is 0 Å². The highest BCUT2D eigenvalue weighted by atomic mass is 19.1. The molecular formula is C14H14F2O. The summed E-state index contributed by atoms with van der Waals surface area (Å²) in [6.07, 6.45) is 0.291. The molecule has 0 saturated heterocycles. The van der Waals surface area contributed by atoms with E-state index in [1.165, 1.54) is 12.1 Å². The van der Waals surface area contributed by atoms with Crippen molar-refractivity contribution in [1.82, 2.24) is 0 Å². The maximum absolute atomic E-state index is 13.3. The van der Waals surface area contributed by atoms with Gasteiger partial charge in [-0.05, 0) is 23.3 Å². The van der Waals surface area contributed by atoms with Crippen LogP contribution in [0.4, 0.5) is 8.78 Å². The molecule has 1 nitrogen and oxygen atoms in total. The molecule has 0 fully saturated rings. The van der Waals surface area contributed by atoms with Crippen LogP contribution in [0, 0.1) is 11.6 Å². The van der Waals surface area contributed by atoms with Gasteiger partial charge >= 0.3 is 0 Å². The maximum atomic E-state index is 13.3. The highest BCUT2D eigenvalue weighted by Gasteiger charge is 2.05. The summed E-state index contributed by atoms with van der Waals surface area (Å²) in [4.78, 5) is 0. The summed E-state index contributed by atoms with van der Waals surface area (Å²) in [5.74, 6) is -0.582. The lowest BCUT2D eigenvalue weighted by Crippen LogP contribution is -1.94. The van der Waals surface area contributed by atoms with Gasteiger partial charge in [-0.2, -0.15) is 0 Å². The smallest absolute Gasteiger partial charge is 0.126 e. The summed E-state index contributed by atoms with van der Waals surface area (Å²) < 4.78 is 26.6. The summed E-state index contributed by atoms with van der Waals surface area (Å²) in [7, 11) is 1.00. The van der Waals surface area contributed by atoms with Gasteiger partial charge in [-0.25, -0.2) is 8.78 Å². The van der Waals surface area contributed by atoms with Crippen molar-refractivity contribution in [3.63, 3.8) is 0 Å². The summed E-state index contributed by atoms with van der Waals surface area (Å²) >= 11 is 0. The predicted molar refractivity (Wildman–Crippen MR) is 63.7 cm³/mol. The van der Waals surface area contributed by atoms with E-state index < -0.39 is 0 Å². The average Bonchev–Trinajstić information content (AvgIpc) is 2.37. The molecule has 90 valence electrons. The number of rotatable bonds is 2. The summed E-state index contributed by atoms with van der Waals surface area (Å²) in [5, 5.41) is 7.00. The first-order valence-corrected chi connectivity index (χ1v) is 5.19. The summed E-state index contributed by atoms with van der Waals surface area (Å²) in [6.45, 7) is 0. The minimum atomic E-state index is -0.291. The predicted octanol–water partition coefficient (Wildman–Crippen LogP) is 3.16. The van der Waals surface area contributed by atoms with Gasteiger partial charge in [0.1, 0.15) is 11.6 Å². The molecule has 0 aromatic heterocycles. The van der Waals surface area contributed by atoms with Crippen LogP contribution in [0.1, 0.15) is 11.1 Å². The number of aliphatic hydroxyl groups excluding tert-OH is 1. The molecule has 0 amide bonds. The van der Waals surface area contributed by atoms with E-state index in [4.69, 9.17) is 5.11 Å². The van der Waals surface area contributed by atoms with Gasteiger partial charge in [-0.1, -0.05) is 36.4 Å². The first kappa shape index (κ1) is 13.3. The molecule has 2 rings (SSSR count). The van der Waals surface area contributed by atoms with Crippen LogP contribution < -0.4 is 0 Å². The topological polar surface area (TPSA) is 20.2 Å². The third kappa shape index (κ3) is 3.64. The van der Waals surface area contributed by atoms with Crippen LogP contribution in [0.2, 0.25) is 0 Å². The third-order valence-electron chi connectivity index (χ3n) is 2.30. The van der Waals surface area contributed by atoms with Gasteiger partial charge in [0, 0.05) is 13.5 Å². The molecule has 0 unspecified atom stereocenters. The van der Waals surface area contributed by atoms with Crippen LogP contribution in [-0.2, 0) is 6.42 Å². The monoisotopic (exact) mass is 236 g/mol. The van der Waals surface area contributed by atoms with Gasteiger partial charge in [-0.3, -0.25) is 0 Å². The Labute approximate surface area is 99.3 Å². The van der Waals surface area contributed by atoms with E-state index in [9.17, 15) is 8.78 Å². The number of benzene rings is 2. The Morgan fingerprint density at radius 3 is 1.47 bits per heavy atom. The molecule has 0 heterocycles. The molecule has 0 aliphatic heterocycles. The van der Waals surface area contributed by atoms with Crippen molar-refractivity contribution < 1.29 is 13.9 Å². The number of aliphatic hydroxyl groups is 1. The van der Waals surface area contributed by atoms with E-state index in [1.807, 2.05) is 0 Å². The van der Waals surface area contributed by atoms with E-state index in [0.717, 1.165) is 7.11 Å². The molecule has 0 radical (unpaired) electrons. The molecule has 0 saturated carbocycles. The normalized spacial score (nSPS) is 9.41. The molecule has 2 aromatic carbocycles. The van der Waals surface area contributed by atoms with Crippen molar-refractivity contribution in [2.75, 3.05) is 7.11 Å². The van der Waals surface area contributed by atoms with Crippen molar-refractivity contribution in [1.29, 1.82) is 0 Å². The minimum Gasteiger partial charge on any atom is -0.400 e. The molecule has 0 atom stereocenters. The van der Waals surface area contributed by atoms with Crippen molar-refractivity contribution in [3.05, 3.63) is 71.3 Å². The lowest BCUT2D eigenvalue weighted by atomic mass is 10.0. The second-order valence-electron chi connectivity index (χ2n) is 3.36. The zero-order valence-electron chi connectivity index (χ0n) is 9.53. The van der Waals surface area contributed by atoms with Crippen molar-refractivity contribution in [2.24, 2.45) is 0 Å². The second kappa shape index (κ2) is 6.76. The molecule has 1 N–H and O–H groups in total. The molecule has 3 heteroatoms. The maximum Gasteiger partial charge on any atom is 0.126 e. The minimum absolute atomic E-state index is 0.291. The van der Waals surface area contributed by atoms with Crippen molar-refractivity contribution >= 4 is 0 Å². The van der Waals surface area contributed by atoms with Crippen LogP contribution in [0.5, 0.6) is 0 Å². The third-order valence-corrected chi connectivity index (χ3v) is 2.30. The SMILES string of the molecule is CO.Fc1ccccc1Cc1ccccc1F. The van der Waals surface area contributed by atoms with Crippen molar-refractivity contribution in [2.45, 2.75) is 6.42 Å². The quantitative estimate of drug-likeness (QED) is 0.849. The highest BCUT2D eigenvalue weighted by molar-refractivity contribution is 5.27. The van der Waals surface area contributed by atoms with E-state index in [1.54, 1.807) is 36.4 Å². The largest absolute Gasteiger partial charge is 0.400 e. The van der Waals surface area contributed by atoms with Crippen LogP contribution >= 0.6 is 0 Å². The fraction of sp³-hybridized carbons (Fsp3) is 0.143. The molecule has 0 bridgehead atoms. The highest BCUT2D eigenvalue weighted by Crippen LogP contribution is 2.15. The molecular weight excluding hydrogens is 222 g/mol. The van der Waals surface area contributed by atoms with Crippen LogP contribution in [-0.4, -0.2) is 12.2 Å². The number of hydrogen-bond donors (Lipinski definition) is 1. The molecule has 0 aliphatic carbocycles. The fourth-order valence-electron chi connectivity index (χ4n) is 1.49. The Bertz CT molecular complexity index is 426. The second-order valence-corrected chi connectivity index (χ2v) is 3.36. The van der Waals surface area contributed by atoms with Crippen molar-refractivity contribution in [3.8, 4) is 0 Å². The van der Waals surface area contributed by atoms with Gasteiger partial charge in [0.25, 0.3) is 0 Å². The van der Waals surface area contributed by atoms with E-state index in [0.29, 0.717) is 17.5 Å². The Hall–Kier alpha value is -1.74. The Morgan fingerprint density at radius 1 is 0.765 bits per heavy atom. The Morgan fingerprint density at radius 2 is 1.12 bits per heavy atom. The van der Waals surface area contributed by atoms with E-state index >= 15 is 0 Å². The van der Waals surface area contributed by atoms with E-state index in [-0.39, 0.29) is 11.6 Å².